The largest absolute Gasteiger partial charge is 0.487 e. The van der Waals surface area contributed by atoms with Crippen molar-refractivity contribution in [2.75, 3.05) is 50.1 Å². The van der Waals surface area contributed by atoms with E-state index in [1.54, 1.807) is 48.3 Å². The van der Waals surface area contributed by atoms with E-state index in [0.29, 0.717) is 59.6 Å². The average Bonchev–Trinajstić information content (AvgIpc) is 3.03. The lowest BCUT2D eigenvalue weighted by Gasteiger charge is -2.27. The molecule has 1 fully saturated rings. The SMILES string of the molecule is Cc1ccc2cccc(OCc3c(Cl)ccc(N(C)C(=O)CNC(=O)Nc4cccc(C(=O)N5CCOCC5)c4)c3Cl)c2n1.Cl. The third kappa shape index (κ3) is 8.15. The minimum Gasteiger partial charge on any atom is -0.487 e. The van der Waals surface area contributed by atoms with Crippen LogP contribution >= 0.6 is 35.6 Å². The molecule has 0 bridgehead atoms. The summed E-state index contributed by atoms with van der Waals surface area (Å²) >= 11 is 13.2. The van der Waals surface area contributed by atoms with Gasteiger partial charge in [0.05, 0.1) is 30.5 Å². The summed E-state index contributed by atoms with van der Waals surface area (Å²) in [5, 5.41) is 6.80. The van der Waals surface area contributed by atoms with Gasteiger partial charge < -0.3 is 29.9 Å². The number of aromatic nitrogens is 1. The molecule has 236 valence electrons. The van der Waals surface area contributed by atoms with Crippen LogP contribution in [0.25, 0.3) is 10.9 Å². The predicted octanol–water partition coefficient (Wildman–Crippen LogP) is 6.11. The molecule has 1 aliphatic heterocycles. The number of rotatable bonds is 8. The molecule has 4 aromatic rings. The third-order valence-electron chi connectivity index (χ3n) is 7.16. The second-order valence-electron chi connectivity index (χ2n) is 10.2. The molecule has 45 heavy (non-hydrogen) atoms. The lowest BCUT2D eigenvalue weighted by molar-refractivity contribution is -0.117. The number of para-hydroxylation sites is 1. The molecule has 1 aromatic heterocycles. The Labute approximate surface area is 277 Å². The van der Waals surface area contributed by atoms with Crippen LogP contribution in [0.1, 0.15) is 21.6 Å². The van der Waals surface area contributed by atoms with Gasteiger partial charge in [-0.05, 0) is 49.4 Å². The first kappa shape index (κ1) is 33.8. The number of nitrogens with one attached hydrogen (secondary N) is 2. The predicted molar refractivity (Wildman–Crippen MR) is 178 cm³/mol. The standard InChI is InChI=1S/C32H31Cl2N5O5.ClH/c1-20-9-10-21-5-4-8-27(30(21)36-20)44-19-24-25(33)11-12-26(29(24)34)38(2)28(40)18-35-32(42)37-23-7-3-6-22(17-23)31(41)39-13-15-43-16-14-39;/h3-12,17H,13-16,18-19H2,1-2H3,(H2,35,37,42);1H. The van der Waals surface area contributed by atoms with Crippen LogP contribution in [0.5, 0.6) is 5.75 Å². The fourth-order valence-corrected chi connectivity index (χ4v) is 5.33. The molecule has 0 spiro atoms. The summed E-state index contributed by atoms with van der Waals surface area (Å²) < 4.78 is 11.4. The van der Waals surface area contributed by atoms with E-state index in [-0.39, 0.29) is 36.5 Å². The maximum absolute atomic E-state index is 13.0. The Morgan fingerprint density at radius 3 is 2.56 bits per heavy atom. The van der Waals surface area contributed by atoms with E-state index in [2.05, 4.69) is 15.6 Å². The number of anilines is 2. The number of pyridine rings is 1. The van der Waals surface area contributed by atoms with E-state index < -0.39 is 11.9 Å². The summed E-state index contributed by atoms with van der Waals surface area (Å²) in [5.41, 5.74) is 3.37. The van der Waals surface area contributed by atoms with E-state index in [1.807, 2.05) is 37.3 Å². The smallest absolute Gasteiger partial charge is 0.319 e. The van der Waals surface area contributed by atoms with Gasteiger partial charge in [0.2, 0.25) is 5.91 Å². The lowest BCUT2D eigenvalue weighted by Crippen LogP contribution is -2.41. The van der Waals surface area contributed by atoms with Gasteiger partial charge in [-0.15, -0.1) is 12.4 Å². The Balaban J connectivity index is 0.00000461. The number of aryl methyl sites for hydroxylation is 1. The second kappa shape index (κ2) is 15.3. The summed E-state index contributed by atoms with van der Waals surface area (Å²) in [6, 6.07) is 18.9. The van der Waals surface area contributed by atoms with Crippen molar-refractivity contribution in [3.05, 3.63) is 93.6 Å². The first-order valence-electron chi connectivity index (χ1n) is 14.0. The first-order valence-corrected chi connectivity index (χ1v) is 14.7. The number of urea groups is 1. The number of carbonyl (C=O) groups is 3. The van der Waals surface area contributed by atoms with Crippen molar-refractivity contribution in [1.82, 2.24) is 15.2 Å². The highest BCUT2D eigenvalue weighted by atomic mass is 35.5. The molecular formula is C32H32Cl3N5O5. The number of hydrogen-bond acceptors (Lipinski definition) is 6. The van der Waals surface area contributed by atoms with Crippen molar-refractivity contribution < 1.29 is 23.9 Å². The van der Waals surface area contributed by atoms with Crippen LogP contribution < -0.4 is 20.3 Å². The number of halogens is 3. The first-order chi connectivity index (χ1) is 21.2. The number of carbonyl (C=O) groups excluding carboxylic acids is 3. The third-order valence-corrected chi connectivity index (χ3v) is 7.94. The molecule has 13 heteroatoms. The summed E-state index contributed by atoms with van der Waals surface area (Å²) in [7, 11) is 1.56. The normalized spacial score (nSPS) is 12.7. The van der Waals surface area contributed by atoms with E-state index >= 15 is 0 Å². The second-order valence-corrected chi connectivity index (χ2v) is 11.0. The van der Waals surface area contributed by atoms with Gasteiger partial charge in [-0.1, -0.05) is 47.5 Å². The molecule has 0 aliphatic carbocycles. The summed E-state index contributed by atoms with van der Waals surface area (Å²) in [6.07, 6.45) is 0. The Kier molecular flexibility index (Phi) is 11.5. The quantitative estimate of drug-likeness (QED) is 0.234. The van der Waals surface area contributed by atoms with Crippen LogP contribution in [0.3, 0.4) is 0 Å². The van der Waals surface area contributed by atoms with Gasteiger partial charge in [0.25, 0.3) is 5.91 Å². The van der Waals surface area contributed by atoms with Crippen LogP contribution in [0, 0.1) is 6.92 Å². The Morgan fingerprint density at radius 2 is 1.78 bits per heavy atom. The number of hydrogen-bond donors (Lipinski definition) is 2. The van der Waals surface area contributed by atoms with Gasteiger partial charge in [-0.3, -0.25) is 9.59 Å². The molecule has 2 heterocycles. The van der Waals surface area contributed by atoms with Crippen molar-refractivity contribution >= 4 is 75.7 Å². The molecule has 3 aromatic carbocycles. The number of benzene rings is 3. The van der Waals surface area contributed by atoms with E-state index in [1.165, 1.54) is 4.90 Å². The Bertz CT molecular complexity index is 1710. The molecular weight excluding hydrogens is 641 g/mol. The van der Waals surface area contributed by atoms with Gasteiger partial charge >= 0.3 is 6.03 Å². The summed E-state index contributed by atoms with van der Waals surface area (Å²) in [4.78, 5) is 46.0. The van der Waals surface area contributed by atoms with Gasteiger partial charge in [-0.25, -0.2) is 9.78 Å². The molecule has 0 unspecified atom stereocenters. The van der Waals surface area contributed by atoms with Crippen LogP contribution in [0.15, 0.2) is 66.7 Å². The number of morpholine rings is 1. The van der Waals surface area contributed by atoms with Gasteiger partial charge in [0.15, 0.2) is 0 Å². The molecule has 0 saturated carbocycles. The van der Waals surface area contributed by atoms with Crippen molar-refractivity contribution in [3.63, 3.8) is 0 Å². The number of fused-ring (bicyclic) bond motifs is 1. The van der Waals surface area contributed by atoms with Crippen molar-refractivity contribution in [1.29, 1.82) is 0 Å². The molecule has 5 rings (SSSR count). The van der Waals surface area contributed by atoms with E-state index in [0.717, 1.165) is 16.6 Å². The Morgan fingerprint density at radius 1 is 1.02 bits per heavy atom. The van der Waals surface area contributed by atoms with Crippen LogP contribution in [0.2, 0.25) is 10.0 Å². The number of nitrogens with zero attached hydrogens (tertiary/aromatic N) is 3. The van der Waals surface area contributed by atoms with Crippen molar-refractivity contribution in [3.8, 4) is 5.75 Å². The maximum atomic E-state index is 13.0. The summed E-state index contributed by atoms with van der Waals surface area (Å²) in [5.74, 6) is 0.0308. The van der Waals surface area contributed by atoms with Crippen molar-refractivity contribution in [2.45, 2.75) is 13.5 Å². The van der Waals surface area contributed by atoms with Crippen LogP contribution in [-0.4, -0.2) is 67.6 Å². The van der Waals surface area contributed by atoms with Gasteiger partial charge in [0, 0.05) is 53.1 Å². The highest BCUT2D eigenvalue weighted by Gasteiger charge is 2.21. The minimum atomic E-state index is -0.599. The van der Waals surface area contributed by atoms with Gasteiger partial charge in [0.1, 0.15) is 17.9 Å². The van der Waals surface area contributed by atoms with E-state index in [9.17, 15) is 14.4 Å². The number of likely N-dealkylation sites (N-methyl/N-ethyl adjacent to an activating group) is 1. The minimum absolute atomic E-state index is 0. The fourth-order valence-electron chi connectivity index (χ4n) is 4.72. The molecule has 0 radical (unpaired) electrons. The molecule has 2 N–H and O–H groups in total. The molecule has 1 aliphatic rings. The zero-order valence-electron chi connectivity index (χ0n) is 24.6. The van der Waals surface area contributed by atoms with Crippen LogP contribution in [0.4, 0.5) is 16.2 Å². The molecule has 1 saturated heterocycles. The topological polar surface area (TPSA) is 113 Å². The highest BCUT2D eigenvalue weighted by molar-refractivity contribution is 6.38. The van der Waals surface area contributed by atoms with Crippen molar-refractivity contribution in [2.24, 2.45) is 0 Å². The Hall–Kier alpha value is -4.09. The fraction of sp³-hybridized carbons (Fsp3) is 0.250. The van der Waals surface area contributed by atoms with Crippen LogP contribution in [-0.2, 0) is 16.1 Å². The number of amides is 4. The zero-order valence-corrected chi connectivity index (χ0v) is 27.0. The molecule has 10 nitrogen and oxygen atoms in total. The van der Waals surface area contributed by atoms with E-state index in [4.69, 9.17) is 32.7 Å². The number of ether oxygens (including phenoxy) is 2. The lowest BCUT2D eigenvalue weighted by atomic mass is 10.1. The zero-order chi connectivity index (χ0) is 31.2. The van der Waals surface area contributed by atoms with Gasteiger partial charge in [-0.2, -0.15) is 0 Å². The molecule has 0 atom stereocenters. The molecule has 4 amide bonds. The monoisotopic (exact) mass is 671 g/mol. The maximum Gasteiger partial charge on any atom is 0.319 e. The highest BCUT2D eigenvalue weighted by Crippen LogP contribution is 2.35. The average molecular weight is 673 g/mol. The summed E-state index contributed by atoms with van der Waals surface area (Å²) in [6.45, 7) is 3.67.